The number of nitrogens with one attached hydrogen (secondary N) is 2. The minimum Gasteiger partial charge on any atom is -0.481 e. The summed E-state index contributed by atoms with van der Waals surface area (Å²) in [6, 6.07) is 22.3. The van der Waals surface area contributed by atoms with E-state index in [0.717, 1.165) is 22.4 Å². The molecule has 1 amide bonds. The molecule has 3 aromatic rings. The van der Waals surface area contributed by atoms with Crippen molar-refractivity contribution in [2.75, 3.05) is 19.0 Å². The van der Waals surface area contributed by atoms with Crippen molar-refractivity contribution < 1.29 is 19.1 Å². The molecule has 0 atom stereocenters. The van der Waals surface area contributed by atoms with Gasteiger partial charge in [0.15, 0.2) is 17.6 Å². The van der Waals surface area contributed by atoms with Crippen LogP contribution in [0.2, 0.25) is 0 Å². The minimum absolute atomic E-state index is 0.176. The molecule has 1 aliphatic heterocycles. The van der Waals surface area contributed by atoms with Crippen LogP contribution in [0.4, 0.5) is 5.69 Å². The predicted octanol–water partition coefficient (Wildman–Crippen LogP) is 4.39. The first-order valence-corrected chi connectivity index (χ1v) is 11.9. The van der Waals surface area contributed by atoms with Gasteiger partial charge in [-0.15, -0.1) is 0 Å². The van der Waals surface area contributed by atoms with Crippen molar-refractivity contribution in [1.82, 2.24) is 10.4 Å². The predicted molar refractivity (Wildman–Crippen MR) is 147 cm³/mol. The summed E-state index contributed by atoms with van der Waals surface area (Å²) >= 11 is 5.55. The van der Waals surface area contributed by atoms with Gasteiger partial charge in [-0.25, -0.2) is 9.79 Å². The standard InChI is InChI=1S/C28H26N4O4S/c1-18-10-9-11-19(2)25(18)30-28(37)31-32-26(20-12-5-4-6-13-20)29-22(27(32)34)16-21-14-7-8-15-23(21)36-17-24(33)35-3/h4-16H,17H2,1-3H3,(H2,30,31,37)/b22-16-. The molecule has 0 aromatic heterocycles. The Bertz CT molecular complexity index is 1380. The molecule has 188 valence electrons. The molecule has 0 unspecified atom stereocenters. The molecule has 0 radical (unpaired) electrons. The number of benzene rings is 3. The maximum absolute atomic E-state index is 13.5. The number of para-hydroxylation sites is 2. The molecule has 0 saturated carbocycles. The first-order chi connectivity index (χ1) is 17.9. The highest BCUT2D eigenvalue weighted by atomic mass is 32.1. The fraction of sp³-hybridized carbons (Fsp3) is 0.143. The van der Waals surface area contributed by atoms with Crippen LogP contribution < -0.4 is 15.5 Å². The number of carbonyl (C=O) groups is 2. The monoisotopic (exact) mass is 514 g/mol. The number of anilines is 1. The Morgan fingerprint density at radius 1 is 1.00 bits per heavy atom. The van der Waals surface area contributed by atoms with Crippen molar-refractivity contribution in [3.63, 3.8) is 0 Å². The summed E-state index contributed by atoms with van der Waals surface area (Å²) in [5.41, 5.74) is 7.42. The third-order valence-electron chi connectivity index (χ3n) is 5.61. The second-order valence-electron chi connectivity index (χ2n) is 8.21. The lowest BCUT2D eigenvalue weighted by molar-refractivity contribution is -0.142. The number of ether oxygens (including phenoxy) is 2. The first kappa shape index (κ1) is 25.6. The van der Waals surface area contributed by atoms with Crippen molar-refractivity contribution >= 4 is 46.8 Å². The Balaban J connectivity index is 1.64. The number of methoxy groups -OCH3 is 1. The van der Waals surface area contributed by atoms with Crippen molar-refractivity contribution in [3.05, 3.63) is 101 Å². The number of nitrogens with zero attached hydrogens (tertiary/aromatic N) is 2. The highest BCUT2D eigenvalue weighted by Gasteiger charge is 2.32. The van der Waals surface area contributed by atoms with Gasteiger partial charge in [0.25, 0.3) is 5.91 Å². The van der Waals surface area contributed by atoms with Gasteiger partial charge in [0.05, 0.1) is 7.11 Å². The summed E-state index contributed by atoms with van der Waals surface area (Å²) in [5.74, 6) is -0.0879. The van der Waals surface area contributed by atoms with Crippen LogP contribution in [-0.2, 0) is 14.3 Å². The first-order valence-electron chi connectivity index (χ1n) is 11.5. The summed E-state index contributed by atoms with van der Waals surface area (Å²) < 4.78 is 10.2. The van der Waals surface area contributed by atoms with Crippen LogP contribution in [0.5, 0.6) is 5.75 Å². The van der Waals surface area contributed by atoms with Crippen LogP contribution >= 0.6 is 12.2 Å². The summed E-state index contributed by atoms with van der Waals surface area (Å²) in [5, 5.41) is 4.76. The lowest BCUT2D eigenvalue weighted by atomic mass is 10.1. The summed E-state index contributed by atoms with van der Waals surface area (Å²) in [7, 11) is 1.29. The molecule has 4 rings (SSSR count). The number of hydrogen-bond donors (Lipinski definition) is 2. The summed E-state index contributed by atoms with van der Waals surface area (Å²) in [6.45, 7) is 3.71. The van der Waals surface area contributed by atoms with Crippen molar-refractivity contribution in [3.8, 4) is 5.75 Å². The van der Waals surface area contributed by atoms with Crippen molar-refractivity contribution in [2.45, 2.75) is 13.8 Å². The average molecular weight is 515 g/mol. The molecular weight excluding hydrogens is 488 g/mol. The Hall–Kier alpha value is -4.50. The summed E-state index contributed by atoms with van der Waals surface area (Å²) in [6.07, 6.45) is 1.61. The maximum atomic E-state index is 13.5. The Labute approximate surface area is 220 Å². The second-order valence-corrected chi connectivity index (χ2v) is 8.62. The lowest BCUT2D eigenvalue weighted by Gasteiger charge is -2.22. The van der Waals surface area contributed by atoms with E-state index in [-0.39, 0.29) is 17.4 Å². The number of hydrogen-bond acceptors (Lipinski definition) is 6. The zero-order chi connectivity index (χ0) is 26.4. The van der Waals surface area contributed by atoms with Gasteiger partial charge < -0.3 is 14.8 Å². The molecule has 0 fully saturated rings. The SMILES string of the molecule is COC(=O)COc1ccccc1/C=C1\N=C(c2ccccc2)N(NC(=S)Nc2c(C)cccc2C)C1=O. The van der Waals surface area contributed by atoms with E-state index >= 15 is 0 Å². The van der Waals surface area contributed by atoms with E-state index in [1.807, 2.05) is 62.4 Å². The van der Waals surface area contributed by atoms with E-state index in [0.29, 0.717) is 17.1 Å². The topological polar surface area (TPSA) is 92.3 Å². The maximum Gasteiger partial charge on any atom is 0.343 e. The molecule has 2 N–H and O–H groups in total. The van der Waals surface area contributed by atoms with Crippen LogP contribution in [0.15, 0.2) is 83.5 Å². The van der Waals surface area contributed by atoms with Crippen molar-refractivity contribution in [2.24, 2.45) is 4.99 Å². The number of thiocarbonyl (C=S) groups is 1. The zero-order valence-electron chi connectivity index (χ0n) is 20.6. The number of amidine groups is 1. The summed E-state index contributed by atoms with van der Waals surface area (Å²) in [4.78, 5) is 29.7. The zero-order valence-corrected chi connectivity index (χ0v) is 21.5. The highest BCUT2D eigenvalue weighted by Crippen LogP contribution is 2.26. The fourth-order valence-corrected chi connectivity index (χ4v) is 3.92. The largest absolute Gasteiger partial charge is 0.481 e. The number of aliphatic imine (C=N–C) groups is 1. The van der Waals surface area contributed by atoms with E-state index in [2.05, 4.69) is 20.5 Å². The smallest absolute Gasteiger partial charge is 0.343 e. The highest BCUT2D eigenvalue weighted by molar-refractivity contribution is 7.80. The van der Waals surface area contributed by atoms with E-state index in [4.69, 9.17) is 17.0 Å². The van der Waals surface area contributed by atoms with Crippen LogP contribution in [0, 0.1) is 13.8 Å². The molecule has 8 nitrogen and oxygen atoms in total. The van der Waals surface area contributed by atoms with Gasteiger partial charge >= 0.3 is 5.97 Å². The number of rotatable bonds is 7. The minimum atomic E-state index is -0.510. The van der Waals surface area contributed by atoms with Crippen LogP contribution in [0.3, 0.4) is 0 Å². The number of esters is 1. The molecular formula is C28H26N4O4S. The Morgan fingerprint density at radius 2 is 1.68 bits per heavy atom. The second kappa shape index (κ2) is 11.5. The van der Waals surface area contributed by atoms with Crippen molar-refractivity contribution in [1.29, 1.82) is 0 Å². The van der Waals surface area contributed by atoms with Gasteiger partial charge in [-0.1, -0.05) is 66.7 Å². The molecule has 37 heavy (non-hydrogen) atoms. The van der Waals surface area contributed by atoms with Gasteiger partial charge in [-0.3, -0.25) is 10.2 Å². The van der Waals surface area contributed by atoms with Gasteiger partial charge in [0.2, 0.25) is 0 Å². The normalized spacial score (nSPS) is 13.8. The molecule has 0 spiro atoms. The Kier molecular flexibility index (Phi) is 7.95. The molecule has 0 bridgehead atoms. The average Bonchev–Trinajstić information content (AvgIpc) is 3.20. The molecule has 0 saturated heterocycles. The quantitative estimate of drug-likeness (QED) is 0.275. The molecule has 0 aliphatic carbocycles. The number of carbonyl (C=O) groups excluding carboxylic acids is 2. The molecule has 9 heteroatoms. The lowest BCUT2D eigenvalue weighted by Crippen LogP contribution is -2.49. The molecule has 1 heterocycles. The number of amides is 1. The van der Waals surface area contributed by atoms with Gasteiger partial charge in [0, 0.05) is 16.8 Å². The van der Waals surface area contributed by atoms with Gasteiger partial charge in [-0.05, 0) is 49.3 Å². The third kappa shape index (κ3) is 6.02. The van der Waals surface area contributed by atoms with Gasteiger partial charge in [0.1, 0.15) is 11.4 Å². The number of hydrazine groups is 1. The molecule has 3 aromatic carbocycles. The van der Waals surface area contributed by atoms with Gasteiger partial charge in [-0.2, -0.15) is 5.01 Å². The van der Waals surface area contributed by atoms with E-state index < -0.39 is 11.9 Å². The molecule has 1 aliphatic rings. The fourth-order valence-electron chi connectivity index (χ4n) is 3.73. The van der Waals surface area contributed by atoms with E-state index in [1.54, 1.807) is 30.3 Å². The van der Waals surface area contributed by atoms with Crippen LogP contribution in [-0.4, -0.2) is 41.6 Å². The Morgan fingerprint density at radius 3 is 2.38 bits per heavy atom. The van der Waals surface area contributed by atoms with Crippen LogP contribution in [0.1, 0.15) is 22.3 Å². The van der Waals surface area contributed by atoms with E-state index in [1.165, 1.54) is 12.1 Å². The van der Waals surface area contributed by atoms with E-state index in [9.17, 15) is 9.59 Å². The third-order valence-corrected chi connectivity index (χ3v) is 5.80. The number of aryl methyl sites for hydroxylation is 2. The van der Waals surface area contributed by atoms with Crippen LogP contribution in [0.25, 0.3) is 6.08 Å².